The molecule has 7 heteroatoms. The molecule has 0 radical (unpaired) electrons. The summed E-state index contributed by atoms with van der Waals surface area (Å²) in [6.07, 6.45) is 1.95. The van der Waals surface area contributed by atoms with Crippen molar-refractivity contribution in [2.45, 2.75) is 13.5 Å². The number of carbonyl (C=O) groups excluding carboxylic acids is 1. The van der Waals surface area contributed by atoms with Gasteiger partial charge in [-0.15, -0.1) is 0 Å². The molecule has 0 N–H and O–H groups in total. The third-order valence-corrected chi connectivity index (χ3v) is 6.47. The fourth-order valence-corrected chi connectivity index (χ4v) is 4.59. The van der Waals surface area contributed by atoms with Crippen LogP contribution in [0.1, 0.15) is 21.6 Å². The van der Waals surface area contributed by atoms with Crippen molar-refractivity contribution in [2.24, 2.45) is 7.05 Å². The molecular formula is C26H26ClN5O. The van der Waals surface area contributed by atoms with Crippen molar-refractivity contribution in [2.75, 3.05) is 26.2 Å². The van der Waals surface area contributed by atoms with Gasteiger partial charge in [0.2, 0.25) is 0 Å². The minimum atomic E-state index is 0.0579. The number of hydrogen-bond donors (Lipinski definition) is 0. The first-order valence-corrected chi connectivity index (χ1v) is 11.5. The Balaban J connectivity index is 1.38. The summed E-state index contributed by atoms with van der Waals surface area (Å²) in [5.74, 6) is 0.0579. The summed E-state index contributed by atoms with van der Waals surface area (Å²) in [5, 5.41) is 6.08. The first-order valence-electron chi connectivity index (χ1n) is 11.1. The number of halogens is 1. The van der Waals surface area contributed by atoms with Gasteiger partial charge in [0.15, 0.2) is 0 Å². The van der Waals surface area contributed by atoms with Gasteiger partial charge in [0.25, 0.3) is 5.91 Å². The molecule has 0 unspecified atom stereocenters. The molecule has 0 aliphatic carbocycles. The maximum atomic E-state index is 13.6. The Morgan fingerprint density at radius 1 is 1.03 bits per heavy atom. The van der Waals surface area contributed by atoms with Crippen molar-refractivity contribution in [3.8, 4) is 11.3 Å². The molecule has 4 aromatic rings. The van der Waals surface area contributed by atoms with Crippen LogP contribution in [0.2, 0.25) is 5.02 Å². The largest absolute Gasteiger partial charge is 0.336 e. The van der Waals surface area contributed by atoms with Crippen LogP contribution >= 0.6 is 11.6 Å². The molecule has 1 aliphatic heterocycles. The summed E-state index contributed by atoms with van der Waals surface area (Å²) in [7, 11) is 1.90. The zero-order chi connectivity index (χ0) is 22.9. The summed E-state index contributed by atoms with van der Waals surface area (Å²) in [4.78, 5) is 22.8. The van der Waals surface area contributed by atoms with E-state index in [9.17, 15) is 4.79 Å². The molecule has 1 amide bonds. The van der Waals surface area contributed by atoms with Gasteiger partial charge < -0.3 is 4.90 Å². The Hall–Kier alpha value is -3.22. The Morgan fingerprint density at radius 2 is 1.76 bits per heavy atom. The molecule has 168 valence electrons. The molecule has 3 heterocycles. The quantitative estimate of drug-likeness (QED) is 0.449. The summed E-state index contributed by atoms with van der Waals surface area (Å²) in [5.41, 5.74) is 5.38. The van der Waals surface area contributed by atoms with Crippen LogP contribution in [0.5, 0.6) is 0 Å². The van der Waals surface area contributed by atoms with E-state index in [1.807, 2.05) is 67.5 Å². The molecular weight excluding hydrogens is 434 g/mol. The van der Waals surface area contributed by atoms with Gasteiger partial charge in [-0.1, -0.05) is 41.9 Å². The molecule has 0 saturated carbocycles. The molecule has 1 aliphatic rings. The van der Waals surface area contributed by atoms with Crippen LogP contribution in [0.3, 0.4) is 0 Å². The van der Waals surface area contributed by atoms with E-state index in [1.54, 1.807) is 4.68 Å². The van der Waals surface area contributed by atoms with Crippen molar-refractivity contribution in [3.05, 3.63) is 82.6 Å². The van der Waals surface area contributed by atoms with Gasteiger partial charge in [-0.05, 0) is 36.8 Å². The fraction of sp³-hybridized carbons (Fsp3) is 0.269. The molecule has 2 aromatic carbocycles. The zero-order valence-corrected chi connectivity index (χ0v) is 19.6. The number of nitrogens with zero attached hydrogens (tertiary/aromatic N) is 5. The number of aryl methyl sites for hydroxylation is 2. The van der Waals surface area contributed by atoms with Gasteiger partial charge in [0.1, 0.15) is 0 Å². The van der Waals surface area contributed by atoms with Gasteiger partial charge in [0, 0.05) is 61.9 Å². The Morgan fingerprint density at radius 3 is 2.45 bits per heavy atom. The van der Waals surface area contributed by atoms with Crippen LogP contribution in [0, 0.1) is 6.92 Å². The third-order valence-electron chi connectivity index (χ3n) is 6.21. The predicted octanol–water partition coefficient (Wildman–Crippen LogP) is 4.56. The van der Waals surface area contributed by atoms with Crippen LogP contribution in [0.25, 0.3) is 22.2 Å². The first-order chi connectivity index (χ1) is 16.0. The maximum absolute atomic E-state index is 13.6. The van der Waals surface area contributed by atoms with E-state index in [2.05, 4.69) is 22.1 Å². The summed E-state index contributed by atoms with van der Waals surface area (Å²) in [6.45, 7) is 5.90. The normalized spacial score (nSPS) is 14.7. The second-order valence-corrected chi connectivity index (χ2v) is 9.01. The number of rotatable bonds is 4. The highest BCUT2D eigenvalue weighted by Crippen LogP contribution is 2.27. The standard InChI is InChI=1S/C26H26ClN5O/c1-18-23(17-30(2)29-18)25-15-22(21-5-3-4-6-24(21)28-25)26(33)32-13-11-31(12-14-32)16-19-7-9-20(27)10-8-19/h3-10,15,17H,11-14,16H2,1-2H3. The van der Waals surface area contributed by atoms with Gasteiger partial charge >= 0.3 is 0 Å². The average Bonchev–Trinajstić information content (AvgIpc) is 3.17. The Kier molecular flexibility index (Phi) is 5.87. The second kappa shape index (κ2) is 8.96. The van der Waals surface area contributed by atoms with Crippen LogP contribution in [-0.2, 0) is 13.6 Å². The van der Waals surface area contributed by atoms with E-state index in [0.717, 1.165) is 52.5 Å². The van der Waals surface area contributed by atoms with E-state index in [-0.39, 0.29) is 5.91 Å². The number of piperazine rings is 1. The van der Waals surface area contributed by atoms with Gasteiger partial charge in [-0.3, -0.25) is 14.4 Å². The number of hydrogen-bond acceptors (Lipinski definition) is 4. The van der Waals surface area contributed by atoms with E-state index in [1.165, 1.54) is 5.56 Å². The molecule has 2 aromatic heterocycles. The topological polar surface area (TPSA) is 54.3 Å². The van der Waals surface area contributed by atoms with E-state index < -0.39 is 0 Å². The minimum absolute atomic E-state index is 0.0579. The average molecular weight is 460 g/mol. The molecule has 33 heavy (non-hydrogen) atoms. The monoisotopic (exact) mass is 459 g/mol. The second-order valence-electron chi connectivity index (χ2n) is 8.57. The molecule has 0 spiro atoms. The molecule has 0 bridgehead atoms. The molecule has 5 rings (SSSR count). The van der Waals surface area contributed by atoms with Crippen LogP contribution < -0.4 is 0 Å². The van der Waals surface area contributed by atoms with Crippen LogP contribution in [0.15, 0.2) is 60.8 Å². The number of benzene rings is 2. The lowest BCUT2D eigenvalue weighted by Crippen LogP contribution is -2.48. The summed E-state index contributed by atoms with van der Waals surface area (Å²) >= 11 is 6.00. The maximum Gasteiger partial charge on any atom is 0.254 e. The summed E-state index contributed by atoms with van der Waals surface area (Å²) in [6, 6.07) is 17.8. The van der Waals surface area contributed by atoms with Gasteiger partial charge in [0.05, 0.1) is 22.5 Å². The van der Waals surface area contributed by atoms with E-state index in [4.69, 9.17) is 16.6 Å². The van der Waals surface area contributed by atoms with Crippen molar-refractivity contribution >= 4 is 28.4 Å². The highest BCUT2D eigenvalue weighted by atomic mass is 35.5. The number of amides is 1. The van der Waals surface area contributed by atoms with Gasteiger partial charge in [-0.25, -0.2) is 4.98 Å². The number of fused-ring (bicyclic) bond motifs is 1. The Bertz CT molecular complexity index is 1310. The summed E-state index contributed by atoms with van der Waals surface area (Å²) < 4.78 is 1.78. The van der Waals surface area contributed by atoms with Crippen LogP contribution in [-0.4, -0.2) is 56.7 Å². The van der Waals surface area contributed by atoms with Crippen molar-refractivity contribution in [3.63, 3.8) is 0 Å². The van der Waals surface area contributed by atoms with Crippen molar-refractivity contribution in [1.29, 1.82) is 0 Å². The van der Waals surface area contributed by atoms with Gasteiger partial charge in [-0.2, -0.15) is 5.10 Å². The smallest absolute Gasteiger partial charge is 0.254 e. The minimum Gasteiger partial charge on any atom is -0.336 e. The molecule has 1 fully saturated rings. The highest BCUT2D eigenvalue weighted by Gasteiger charge is 2.25. The SMILES string of the molecule is Cc1nn(C)cc1-c1cc(C(=O)N2CCN(Cc3ccc(Cl)cc3)CC2)c2ccccc2n1. The molecule has 6 nitrogen and oxygen atoms in total. The number of aromatic nitrogens is 3. The van der Waals surface area contributed by atoms with Crippen LogP contribution in [0.4, 0.5) is 0 Å². The van der Waals surface area contributed by atoms with E-state index >= 15 is 0 Å². The Labute approximate surface area is 198 Å². The molecule has 0 atom stereocenters. The number of pyridine rings is 1. The lowest BCUT2D eigenvalue weighted by Gasteiger charge is -2.35. The van der Waals surface area contributed by atoms with Crippen molar-refractivity contribution < 1.29 is 4.79 Å². The third kappa shape index (κ3) is 4.49. The molecule has 1 saturated heterocycles. The van der Waals surface area contributed by atoms with Crippen molar-refractivity contribution in [1.82, 2.24) is 24.6 Å². The zero-order valence-electron chi connectivity index (χ0n) is 18.8. The predicted molar refractivity (Wildman–Crippen MR) is 131 cm³/mol. The van der Waals surface area contributed by atoms with E-state index in [0.29, 0.717) is 18.7 Å². The fourth-order valence-electron chi connectivity index (χ4n) is 4.47. The lowest BCUT2D eigenvalue weighted by atomic mass is 10.0. The first kappa shape index (κ1) is 21.6. The number of carbonyl (C=O) groups is 1. The number of para-hydroxylation sites is 1. The highest BCUT2D eigenvalue weighted by molar-refractivity contribution is 6.30. The lowest BCUT2D eigenvalue weighted by molar-refractivity contribution is 0.0630.